The van der Waals surface area contributed by atoms with Gasteiger partial charge in [0, 0.05) is 25.8 Å². The molecule has 1 atom stereocenters. The molecule has 0 aliphatic heterocycles. The number of rotatable bonds is 7. The lowest BCUT2D eigenvalue weighted by Gasteiger charge is -2.10. The number of hydrogen-bond donors (Lipinski definition) is 3. The van der Waals surface area contributed by atoms with E-state index in [-0.39, 0.29) is 0 Å². The van der Waals surface area contributed by atoms with Crippen molar-refractivity contribution < 1.29 is 14.3 Å². The van der Waals surface area contributed by atoms with Crippen molar-refractivity contribution in [2.75, 3.05) is 20.3 Å². The number of aliphatic hydroxyl groups excluding tert-OH is 1. The molecule has 104 valence electrons. The predicted molar refractivity (Wildman–Crippen MR) is 70.6 cm³/mol. The molecule has 0 spiro atoms. The minimum atomic E-state index is -0.508. The molecule has 3 N–H and O–H groups in total. The van der Waals surface area contributed by atoms with Crippen LogP contribution in [0.4, 0.5) is 0 Å². The summed E-state index contributed by atoms with van der Waals surface area (Å²) in [7, 11) is 1.57. The molecule has 0 aromatic carbocycles. The van der Waals surface area contributed by atoms with Gasteiger partial charge in [-0.15, -0.1) is 0 Å². The van der Waals surface area contributed by atoms with E-state index < -0.39 is 6.10 Å². The van der Waals surface area contributed by atoms with E-state index in [2.05, 4.69) is 15.5 Å². The topological polar surface area (TPSA) is 83.3 Å². The van der Waals surface area contributed by atoms with Crippen molar-refractivity contribution in [3.63, 3.8) is 0 Å². The average molecular weight is 265 g/mol. The number of nitrogens with one attached hydrogen (secondary N) is 2. The Morgan fingerprint density at radius 3 is 3.05 bits per heavy atom. The molecular weight excluding hydrogens is 246 g/mol. The largest absolute Gasteiger partial charge is 0.460 e. The second-order valence-corrected chi connectivity index (χ2v) is 4.42. The van der Waals surface area contributed by atoms with Crippen molar-refractivity contribution in [2.45, 2.75) is 19.6 Å². The molecule has 2 aromatic heterocycles. The summed E-state index contributed by atoms with van der Waals surface area (Å²) < 4.78 is 10.4. The Hall–Kier alpha value is -1.63. The van der Waals surface area contributed by atoms with E-state index in [1.54, 1.807) is 13.3 Å². The summed E-state index contributed by atoms with van der Waals surface area (Å²) in [6, 6.07) is 3.82. The van der Waals surface area contributed by atoms with Gasteiger partial charge in [0.1, 0.15) is 11.5 Å². The maximum atomic E-state index is 9.54. The zero-order valence-electron chi connectivity index (χ0n) is 11.1. The van der Waals surface area contributed by atoms with Gasteiger partial charge in [-0.2, -0.15) is 5.10 Å². The third-order valence-corrected chi connectivity index (χ3v) is 2.76. The van der Waals surface area contributed by atoms with Gasteiger partial charge in [0.25, 0.3) is 0 Å². The fraction of sp³-hybridized carbons (Fsp3) is 0.462. The zero-order chi connectivity index (χ0) is 13.7. The molecule has 2 heterocycles. The first-order valence-corrected chi connectivity index (χ1v) is 6.17. The number of aromatic nitrogens is 2. The first-order valence-electron chi connectivity index (χ1n) is 6.17. The van der Waals surface area contributed by atoms with Crippen molar-refractivity contribution in [1.82, 2.24) is 15.5 Å². The number of ether oxygens (including phenoxy) is 1. The highest BCUT2D eigenvalue weighted by Gasteiger charge is 2.11. The molecule has 2 rings (SSSR count). The molecule has 0 aliphatic rings. The number of furan rings is 1. The summed E-state index contributed by atoms with van der Waals surface area (Å²) >= 11 is 0. The Balaban J connectivity index is 1.93. The Kier molecular flexibility index (Phi) is 4.73. The van der Waals surface area contributed by atoms with Gasteiger partial charge in [-0.05, 0) is 19.1 Å². The van der Waals surface area contributed by atoms with Crippen LogP contribution in [0, 0.1) is 6.92 Å². The molecule has 0 saturated carbocycles. The number of aliphatic hydroxyl groups is 1. The summed E-state index contributed by atoms with van der Waals surface area (Å²) in [6.45, 7) is 3.30. The molecule has 19 heavy (non-hydrogen) atoms. The number of nitrogens with zero attached hydrogens (tertiary/aromatic N) is 1. The molecule has 0 fully saturated rings. The van der Waals surface area contributed by atoms with Gasteiger partial charge in [-0.3, -0.25) is 5.10 Å². The molecule has 1 unspecified atom stereocenters. The lowest BCUT2D eigenvalue weighted by molar-refractivity contribution is 0.0644. The highest BCUT2D eigenvalue weighted by atomic mass is 16.5. The van der Waals surface area contributed by atoms with E-state index in [0.717, 1.165) is 22.8 Å². The van der Waals surface area contributed by atoms with E-state index in [1.165, 1.54) is 0 Å². The molecular formula is C13H19N3O3. The van der Waals surface area contributed by atoms with Crippen LogP contribution in [0.5, 0.6) is 0 Å². The molecule has 0 amide bonds. The van der Waals surface area contributed by atoms with Crippen LogP contribution < -0.4 is 5.32 Å². The van der Waals surface area contributed by atoms with Crippen molar-refractivity contribution in [1.29, 1.82) is 0 Å². The highest BCUT2D eigenvalue weighted by Crippen LogP contribution is 2.23. The second kappa shape index (κ2) is 6.51. The summed E-state index contributed by atoms with van der Waals surface area (Å²) in [5.41, 5.74) is 1.86. The maximum absolute atomic E-state index is 9.54. The Morgan fingerprint density at radius 2 is 2.37 bits per heavy atom. The van der Waals surface area contributed by atoms with Crippen LogP contribution >= 0.6 is 0 Å². The molecule has 0 bridgehead atoms. The van der Waals surface area contributed by atoms with Gasteiger partial charge >= 0.3 is 0 Å². The second-order valence-electron chi connectivity index (χ2n) is 4.42. The average Bonchev–Trinajstić information content (AvgIpc) is 2.98. The predicted octanol–water partition coefficient (Wildman–Crippen LogP) is 1.08. The van der Waals surface area contributed by atoms with Crippen LogP contribution in [-0.4, -0.2) is 41.7 Å². The third-order valence-electron chi connectivity index (χ3n) is 2.76. The molecule has 0 aliphatic carbocycles. The van der Waals surface area contributed by atoms with Gasteiger partial charge in [0.2, 0.25) is 0 Å². The van der Waals surface area contributed by atoms with Crippen LogP contribution in [0.1, 0.15) is 11.3 Å². The summed E-state index contributed by atoms with van der Waals surface area (Å²) in [5.74, 6) is 1.63. The number of aryl methyl sites for hydroxylation is 1. The van der Waals surface area contributed by atoms with Gasteiger partial charge in [0.05, 0.1) is 18.9 Å². The van der Waals surface area contributed by atoms with Gasteiger partial charge < -0.3 is 19.6 Å². The summed E-state index contributed by atoms with van der Waals surface area (Å²) in [5, 5.41) is 19.7. The summed E-state index contributed by atoms with van der Waals surface area (Å²) in [6.07, 6.45) is 1.24. The number of hydrogen-bond acceptors (Lipinski definition) is 5. The molecule has 6 nitrogen and oxygen atoms in total. The van der Waals surface area contributed by atoms with Crippen LogP contribution in [-0.2, 0) is 11.3 Å². The monoisotopic (exact) mass is 265 g/mol. The number of aromatic amines is 1. The molecule has 6 heteroatoms. The van der Waals surface area contributed by atoms with Crippen molar-refractivity contribution >= 4 is 0 Å². The molecule has 0 saturated heterocycles. The lowest BCUT2D eigenvalue weighted by Crippen LogP contribution is -2.29. The summed E-state index contributed by atoms with van der Waals surface area (Å²) in [4.78, 5) is 0. The SMILES string of the molecule is COCC(O)CNCc1cn[nH]c1-c1ccc(C)o1. The first-order chi connectivity index (χ1) is 9.20. The number of methoxy groups -OCH3 is 1. The Morgan fingerprint density at radius 1 is 1.53 bits per heavy atom. The van der Waals surface area contributed by atoms with Crippen LogP contribution in [0.25, 0.3) is 11.5 Å². The van der Waals surface area contributed by atoms with Gasteiger partial charge in [0.15, 0.2) is 5.76 Å². The highest BCUT2D eigenvalue weighted by molar-refractivity contribution is 5.56. The fourth-order valence-electron chi connectivity index (χ4n) is 1.85. The minimum absolute atomic E-state index is 0.322. The van der Waals surface area contributed by atoms with Gasteiger partial charge in [-0.1, -0.05) is 0 Å². The van der Waals surface area contributed by atoms with Crippen LogP contribution in [0.15, 0.2) is 22.7 Å². The minimum Gasteiger partial charge on any atom is -0.460 e. The van der Waals surface area contributed by atoms with Crippen molar-refractivity contribution in [3.05, 3.63) is 29.7 Å². The van der Waals surface area contributed by atoms with Crippen molar-refractivity contribution in [3.8, 4) is 11.5 Å². The Labute approximate surface area is 111 Å². The van der Waals surface area contributed by atoms with Gasteiger partial charge in [-0.25, -0.2) is 0 Å². The molecule has 2 aromatic rings. The number of H-pyrrole nitrogens is 1. The Bertz CT molecular complexity index is 507. The van der Waals surface area contributed by atoms with E-state index in [4.69, 9.17) is 9.15 Å². The lowest BCUT2D eigenvalue weighted by atomic mass is 10.2. The maximum Gasteiger partial charge on any atom is 0.152 e. The molecule has 0 radical (unpaired) electrons. The van der Waals surface area contributed by atoms with E-state index in [1.807, 2.05) is 19.1 Å². The zero-order valence-corrected chi connectivity index (χ0v) is 11.1. The quantitative estimate of drug-likeness (QED) is 0.697. The fourth-order valence-corrected chi connectivity index (χ4v) is 1.85. The van der Waals surface area contributed by atoms with Crippen molar-refractivity contribution in [2.24, 2.45) is 0 Å². The third kappa shape index (κ3) is 3.66. The standard InChI is InChI=1S/C13H19N3O3/c1-9-3-4-12(19-9)13-10(6-15-16-13)5-14-7-11(17)8-18-2/h3-4,6,11,14,17H,5,7-8H2,1-2H3,(H,15,16). The van der Waals surface area contributed by atoms with Crippen LogP contribution in [0.2, 0.25) is 0 Å². The smallest absolute Gasteiger partial charge is 0.152 e. The van der Waals surface area contributed by atoms with Crippen LogP contribution in [0.3, 0.4) is 0 Å². The van der Waals surface area contributed by atoms with E-state index in [0.29, 0.717) is 19.7 Å². The first kappa shape index (κ1) is 13.8. The van der Waals surface area contributed by atoms with E-state index in [9.17, 15) is 5.11 Å². The van der Waals surface area contributed by atoms with E-state index >= 15 is 0 Å². The normalized spacial score (nSPS) is 12.8.